The zero-order chi connectivity index (χ0) is 27.0. The van der Waals surface area contributed by atoms with Crippen molar-refractivity contribution >= 4 is 29.0 Å². The van der Waals surface area contributed by atoms with Gasteiger partial charge in [-0.2, -0.15) is 0 Å². The Labute approximate surface area is 225 Å². The summed E-state index contributed by atoms with van der Waals surface area (Å²) in [7, 11) is 1.59. The molecule has 1 amide bonds. The standard InChI is InChI=1S/C27H30N8O4/c1-38-23-9-7-21(17-29-23)25-31-26(34-12-14-39-15-13-34)24-27(32-25)35(18-30-24)11-10-28-16-20-4-2-19(3-5-20)6-8-22(36)33-37/h2-9,17-18,28,37H,10-16H2,1H3,(H,33,36). The second kappa shape index (κ2) is 12.4. The van der Waals surface area contributed by atoms with E-state index in [0.717, 1.165) is 46.8 Å². The first kappa shape index (κ1) is 26.2. The van der Waals surface area contributed by atoms with Crippen LogP contribution in [0.25, 0.3) is 28.6 Å². The number of pyridine rings is 1. The molecule has 0 radical (unpaired) electrons. The number of carbonyl (C=O) groups excluding carboxylic acids is 1. The number of ether oxygens (including phenoxy) is 2. The summed E-state index contributed by atoms with van der Waals surface area (Å²) in [5.74, 6) is 1.35. The number of amides is 1. The third kappa shape index (κ3) is 6.37. The molecule has 0 atom stereocenters. The van der Waals surface area contributed by atoms with Crippen molar-refractivity contribution in [2.45, 2.75) is 13.1 Å². The molecule has 3 aromatic heterocycles. The lowest BCUT2D eigenvalue weighted by Gasteiger charge is -2.28. The van der Waals surface area contributed by atoms with Crippen LogP contribution in [0.15, 0.2) is 55.0 Å². The number of methoxy groups -OCH3 is 1. The van der Waals surface area contributed by atoms with Crippen LogP contribution in [0.3, 0.4) is 0 Å². The van der Waals surface area contributed by atoms with Gasteiger partial charge in [0.05, 0.1) is 26.7 Å². The first-order valence-corrected chi connectivity index (χ1v) is 12.6. The van der Waals surface area contributed by atoms with Gasteiger partial charge in [0.2, 0.25) is 5.88 Å². The molecule has 12 heteroatoms. The molecule has 0 unspecified atom stereocenters. The third-order valence-electron chi connectivity index (χ3n) is 6.34. The Morgan fingerprint density at radius 3 is 2.67 bits per heavy atom. The third-order valence-corrected chi connectivity index (χ3v) is 6.34. The second-order valence-corrected chi connectivity index (χ2v) is 8.90. The molecular weight excluding hydrogens is 500 g/mol. The van der Waals surface area contributed by atoms with Crippen LogP contribution in [0, 0.1) is 0 Å². The van der Waals surface area contributed by atoms with E-state index in [9.17, 15) is 4.79 Å². The quantitative estimate of drug-likeness (QED) is 0.121. The lowest BCUT2D eigenvalue weighted by Crippen LogP contribution is -2.37. The first-order valence-electron chi connectivity index (χ1n) is 12.6. The normalized spacial score (nSPS) is 13.7. The number of hydroxylamine groups is 1. The topological polar surface area (TPSA) is 140 Å². The van der Waals surface area contributed by atoms with Crippen molar-refractivity contribution < 1.29 is 19.5 Å². The molecule has 1 fully saturated rings. The fourth-order valence-electron chi connectivity index (χ4n) is 4.24. The van der Waals surface area contributed by atoms with Gasteiger partial charge in [-0.1, -0.05) is 24.3 Å². The Balaban J connectivity index is 1.30. The van der Waals surface area contributed by atoms with Crippen LogP contribution in [0.5, 0.6) is 5.88 Å². The van der Waals surface area contributed by atoms with E-state index in [1.165, 1.54) is 6.08 Å². The lowest BCUT2D eigenvalue weighted by atomic mass is 10.1. The van der Waals surface area contributed by atoms with E-state index < -0.39 is 5.91 Å². The SMILES string of the molecule is COc1ccc(-c2nc(N3CCOCC3)c3ncn(CCNCc4ccc(C=CC(=O)NO)cc4)c3n2)cn1. The number of carbonyl (C=O) groups is 1. The average molecular weight is 531 g/mol. The first-order chi connectivity index (χ1) is 19.1. The van der Waals surface area contributed by atoms with E-state index in [0.29, 0.717) is 44.6 Å². The molecule has 202 valence electrons. The number of hydrogen-bond acceptors (Lipinski definition) is 10. The van der Waals surface area contributed by atoms with Crippen molar-refractivity contribution in [2.75, 3.05) is 44.9 Å². The van der Waals surface area contributed by atoms with Gasteiger partial charge in [0.15, 0.2) is 22.8 Å². The Bertz CT molecular complexity index is 1430. The fourth-order valence-corrected chi connectivity index (χ4v) is 4.24. The van der Waals surface area contributed by atoms with E-state index in [4.69, 9.17) is 24.6 Å². The maximum Gasteiger partial charge on any atom is 0.267 e. The number of imidazole rings is 1. The number of hydrogen-bond donors (Lipinski definition) is 3. The molecule has 4 aromatic rings. The van der Waals surface area contributed by atoms with E-state index in [1.807, 2.05) is 41.2 Å². The number of nitrogens with one attached hydrogen (secondary N) is 2. The molecule has 39 heavy (non-hydrogen) atoms. The Morgan fingerprint density at radius 1 is 1.13 bits per heavy atom. The van der Waals surface area contributed by atoms with Crippen LogP contribution in [0.1, 0.15) is 11.1 Å². The van der Waals surface area contributed by atoms with Gasteiger partial charge in [-0.25, -0.2) is 25.4 Å². The van der Waals surface area contributed by atoms with E-state index in [-0.39, 0.29) is 0 Å². The molecule has 5 rings (SSSR count). The van der Waals surface area contributed by atoms with Crippen molar-refractivity contribution in [1.82, 2.24) is 35.3 Å². The Morgan fingerprint density at radius 2 is 1.95 bits per heavy atom. The molecule has 0 spiro atoms. The van der Waals surface area contributed by atoms with Crippen molar-refractivity contribution in [3.8, 4) is 17.3 Å². The largest absolute Gasteiger partial charge is 0.481 e. The number of nitrogens with zero attached hydrogens (tertiary/aromatic N) is 6. The van der Waals surface area contributed by atoms with Gasteiger partial charge >= 0.3 is 0 Å². The highest BCUT2D eigenvalue weighted by Gasteiger charge is 2.21. The molecule has 1 aromatic carbocycles. The van der Waals surface area contributed by atoms with Crippen molar-refractivity contribution in [3.63, 3.8) is 0 Å². The van der Waals surface area contributed by atoms with E-state index in [1.54, 1.807) is 30.9 Å². The number of aromatic nitrogens is 5. The monoisotopic (exact) mass is 530 g/mol. The van der Waals surface area contributed by atoms with Crippen LogP contribution >= 0.6 is 0 Å². The number of morpholine rings is 1. The zero-order valence-electron chi connectivity index (χ0n) is 21.6. The molecule has 1 aliphatic rings. The predicted octanol–water partition coefficient (Wildman–Crippen LogP) is 2.04. The van der Waals surface area contributed by atoms with Gasteiger partial charge in [-0.15, -0.1) is 0 Å². The maximum absolute atomic E-state index is 11.1. The molecule has 0 saturated carbocycles. The fraction of sp³-hybridized carbons (Fsp3) is 0.296. The predicted molar refractivity (Wildman–Crippen MR) is 145 cm³/mol. The minimum atomic E-state index is -0.567. The van der Waals surface area contributed by atoms with Crippen molar-refractivity contribution in [2.24, 2.45) is 0 Å². The summed E-state index contributed by atoms with van der Waals surface area (Å²) in [6, 6.07) is 11.5. The average Bonchev–Trinajstić information content (AvgIpc) is 3.41. The molecular formula is C27H30N8O4. The summed E-state index contributed by atoms with van der Waals surface area (Å²) in [6.07, 6.45) is 6.43. The number of anilines is 1. The highest BCUT2D eigenvalue weighted by Crippen LogP contribution is 2.27. The molecule has 0 bridgehead atoms. The smallest absolute Gasteiger partial charge is 0.267 e. The molecule has 0 aliphatic carbocycles. The summed E-state index contributed by atoms with van der Waals surface area (Å²) in [5, 5.41) is 12.0. The van der Waals surface area contributed by atoms with Crippen molar-refractivity contribution in [1.29, 1.82) is 0 Å². The van der Waals surface area contributed by atoms with E-state index in [2.05, 4.69) is 20.2 Å². The summed E-state index contributed by atoms with van der Waals surface area (Å²) >= 11 is 0. The van der Waals surface area contributed by atoms with Crippen molar-refractivity contribution in [3.05, 3.63) is 66.1 Å². The van der Waals surface area contributed by atoms with Gasteiger partial charge in [-0.3, -0.25) is 10.0 Å². The van der Waals surface area contributed by atoms with Gasteiger partial charge in [0.25, 0.3) is 5.91 Å². The summed E-state index contributed by atoms with van der Waals surface area (Å²) in [6.45, 7) is 4.84. The molecule has 3 N–H and O–H groups in total. The highest BCUT2D eigenvalue weighted by molar-refractivity contribution is 5.90. The summed E-state index contributed by atoms with van der Waals surface area (Å²) in [5.41, 5.74) is 5.88. The number of benzene rings is 1. The highest BCUT2D eigenvalue weighted by atomic mass is 16.5. The Kier molecular flexibility index (Phi) is 8.36. The molecule has 4 heterocycles. The van der Waals surface area contributed by atoms with Crippen LogP contribution in [-0.2, 0) is 22.6 Å². The van der Waals surface area contributed by atoms with Crippen LogP contribution in [0.2, 0.25) is 0 Å². The number of rotatable bonds is 10. The Hall–Kier alpha value is -4.39. The van der Waals surface area contributed by atoms with Crippen LogP contribution in [0.4, 0.5) is 5.82 Å². The van der Waals surface area contributed by atoms with E-state index >= 15 is 0 Å². The molecule has 1 saturated heterocycles. The molecule has 1 aliphatic heterocycles. The van der Waals surface area contributed by atoms with Gasteiger partial charge in [0, 0.05) is 56.6 Å². The summed E-state index contributed by atoms with van der Waals surface area (Å²) < 4.78 is 12.8. The zero-order valence-corrected chi connectivity index (χ0v) is 21.6. The second-order valence-electron chi connectivity index (χ2n) is 8.90. The molecule has 12 nitrogen and oxygen atoms in total. The van der Waals surface area contributed by atoms with Crippen LogP contribution in [-0.4, -0.2) is 75.6 Å². The minimum absolute atomic E-state index is 0.532. The van der Waals surface area contributed by atoms with Gasteiger partial charge in [-0.05, 0) is 23.3 Å². The lowest BCUT2D eigenvalue weighted by molar-refractivity contribution is -0.124. The summed E-state index contributed by atoms with van der Waals surface area (Å²) in [4.78, 5) is 32.1. The minimum Gasteiger partial charge on any atom is -0.481 e. The van der Waals surface area contributed by atoms with Gasteiger partial charge in [0.1, 0.15) is 0 Å². The maximum atomic E-state index is 11.1. The van der Waals surface area contributed by atoms with Gasteiger partial charge < -0.3 is 24.3 Å². The number of fused-ring (bicyclic) bond motifs is 1. The van der Waals surface area contributed by atoms with Crippen LogP contribution < -0.4 is 20.4 Å².